The molecule has 1 unspecified atom stereocenters. The van der Waals surface area contributed by atoms with Crippen molar-refractivity contribution in [3.63, 3.8) is 0 Å². The number of carbonyl (C=O) groups excluding carboxylic acids is 1. The summed E-state index contributed by atoms with van der Waals surface area (Å²) in [5.41, 5.74) is 1.88. The van der Waals surface area contributed by atoms with Gasteiger partial charge in [-0.15, -0.1) is 0 Å². The van der Waals surface area contributed by atoms with Gasteiger partial charge in [0.05, 0.1) is 41.1 Å². The quantitative estimate of drug-likeness (QED) is 0.606. The van der Waals surface area contributed by atoms with Gasteiger partial charge in [-0.1, -0.05) is 11.3 Å². The first-order valence-corrected chi connectivity index (χ1v) is 10.5. The van der Waals surface area contributed by atoms with E-state index in [1.165, 1.54) is 11.3 Å². The predicted molar refractivity (Wildman–Crippen MR) is 113 cm³/mol. The molecule has 1 fully saturated rings. The lowest BCUT2D eigenvalue weighted by molar-refractivity contribution is 0.0917. The number of ether oxygens (including phenoxy) is 2. The molecule has 4 rings (SSSR count). The topological polar surface area (TPSA) is 75.5 Å². The molecule has 0 bridgehead atoms. The maximum absolute atomic E-state index is 13.3. The van der Waals surface area contributed by atoms with Crippen LogP contribution in [0.1, 0.15) is 35.7 Å². The van der Waals surface area contributed by atoms with E-state index in [2.05, 4.69) is 6.07 Å². The minimum absolute atomic E-state index is 0.00308. The Balaban J connectivity index is 1.68. The molecular weight excluding hydrogens is 386 g/mol. The standard InChI is InChI=1S/C22H21N3O3S/c1-2-27-17-9-10-19-20(12-17)29-22(24-19)25(14-18-4-3-11-28-18)21(26)16-7-5-15(13-23)6-8-16/h5-10,12,18H,2-4,11,14H2,1H3. The molecule has 1 aliphatic rings. The summed E-state index contributed by atoms with van der Waals surface area (Å²) in [6.45, 7) is 3.72. The summed E-state index contributed by atoms with van der Waals surface area (Å²) in [5.74, 6) is 0.647. The zero-order chi connectivity index (χ0) is 20.2. The zero-order valence-corrected chi connectivity index (χ0v) is 16.9. The van der Waals surface area contributed by atoms with Crippen LogP contribution in [0.2, 0.25) is 0 Å². The monoisotopic (exact) mass is 407 g/mol. The largest absolute Gasteiger partial charge is 0.494 e. The summed E-state index contributed by atoms with van der Waals surface area (Å²) in [4.78, 5) is 19.7. The zero-order valence-electron chi connectivity index (χ0n) is 16.1. The molecule has 7 heteroatoms. The third-order valence-corrected chi connectivity index (χ3v) is 5.85. The summed E-state index contributed by atoms with van der Waals surface area (Å²) in [6.07, 6.45) is 1.93. The van der Waals surface area contributed by atoms with Crippen LogP contribution in [-0.2, 0) is 4.74 Å². The Kier molecular flexibility index (Phi) is 5.74. The molecular formula is C22H21N3O3S. The van der Waals surface area contributed by atoms with Gasteiger partial charge in [0.15, 0.2) is 5.13 Å². The van der Waals surface area contributed by atoms with Gasteiger partial charge in [0.25, 0.3) is 5.91 Å². The Bertz CT molecular complexity index is 1050. The fourth-order valence-electron chi connectivity index (χ4n) is 3.35. The maximum atomic E-state index is 13.3. The van der Waals surface area contributed by atoms with Crippen molar-refractivity contribution in [2.75, 3.05) is 24.7 Å². The van der Waals surface area contributed by atoms with Crippen molar-refractivity contribution < 1.29 is 14.3 Å². The van der Waals surface area contributed by atoms with E-state index in [0.717, 1.165) is 35.4 Å². The van der Waals surface area contributed by atoms with Gasteiger partial charge in [-0.3, -0.25) is 9.69 Å². The van der Waals surface area contributed by atoms with Crippen LogP contribution in [0.4, 0.5) is 5.13 Å². The molecule has 0 saturated carbocycles. The van der Waals surface area contributed by atoms with Crippen molar-refractivity contribution in [2.45, 2.75) is 25.9 Å². The molecule has 3 aromatic rings. The SMILES string of the molecule is CCOc1ccc2nc(N(CC3CCCO3)C(=O)c3ccc(C#N)cc3)sc2c1. The molecule has 1 amide bonds. The lowest BCUT2D eigenvalue weighted by Gasteiger charge is -2.23. The lowest BCUT2D eigenvalue weighted by atomic mass is 10.1. The van der Waals surface area contributed by atoms with E-state index in [1.807, 2.05) is 25.1 Å². The number of aromatic nitrogens is 1. The third kappa shape index (κ3) is 4.24. The first-order chi connectivity index (χ1) is 14.2. The molecule has 2 aromatic carbocycles. The van der Waals surface area contributed by atoms with Gasteiger partial charge in [0.1, 0.15) is 5.75 Å². The first-order valence-electron chi connectivity index (χ1n) is 9.65. The number of fused-ring (bicyclic) bond motifs is 1. The molecule has 0 radical (unpaired) electrons. The number of amides is 1. The highest BCUT2D eigenvalue weighted by atomic mass is 32.1. The van der Waals surface area contributed by atoms with Crippen LogP contribution in [0, 0.1) is 11.3 Å². The molecule has 1 aliphatic heterocycles. The second kappa shape index (κ2) is 8.60. The maximum Gasteiger partial charge on any atom is 0.260 e. The minimum atomic E-state index is -0.144. The summed E-state index contributed by atoms with van der Waals surface area (Å²) in [5, 5.41) is 9.64. The number of nitriles is 1. The molecule has 148 valence electrons. The van der Waals surface area contributed by atoms with Crippen LogP contribution in [0.5, 0.6) is 5.75 Å². The van der Waals surface area contributed by atoms with Gasteiger partial charge in [-0.25, -0.2) is 4.98 Å². The summed E-state index contributed by atoms with van der Waals surface area (Å²) >= 11 is 1.47. The highest BCUT2D eigenvalue weighted by molar-refractivity contribution is 7.22. The molecule has 0 aliphatic carbocycles. The van der Waals surface area contributed by atoms with Crippen LogP contribution < -0.4 is 9.64 Å². The summed E-state index contributed by atoms with van der Waals surface area (Å²) in [6, 6.07) is 14.5. The van der Waals surface area contributed by atoms with Gasteiger partial charge in [0.2, 0.25) is 0 Å². The Hall–Kier alpha value is -2.95. The van der Waals surface area contributed by atoms with Crippen molar-refractivity contribution in [1.82, 2.24) is 4.98 Å². The highest BCUT2D eigenvalue weighted by Gasteiger charge is 2.27. The number of benzene rings is 2. The molecule has 0 spiro atoms. The van der Waals surface area contributed by atoms with Crippen molar-refractivity contribution in [2.24, 2.45) is 0 Å². The number of thiazole rings is 1. The van der Waals surface area contributed by atoms with Crippen LogP contribution in [0.25, 0.3) is 10.2 Å². The lowest BCUT2D eigenvalue weighted by Crippen LogP contribution is -2.37. The van der Waals surface area contributed by atoms with E-state index < -0.39 is 0 Å². The van der Waals surface area contributed by atoms with E-state index in [4.69, 9.17) is 19.7 Å². The second-order valence-corrected chi connectivity index (χ2v) is 7.81. The average molecular weight is 407 g/mol. The van der Waals surface area contributed by atoms with Crippen molar-refractivity contribution in [3.05, 3.63) is 53.6 Å². The number of nitrogens with zero attached hydrogens (tertiary/aromatic N) is 3. The van der Waals surface area contributed by atoms with E-state index in [9.17, 15) is 4.79 Å². The van der Waals surface area contributed by atoms with Gasteiger partial charge < -0.3 is 9.47 Å². The molecule has 1 aromatic heterocycles. The normalized spacial score (nSPS) is 15.9. The summed E-state index contributed by atoms with van der Waals surface area (Å²) < 4.78 is 12.3. The van der Waals surface area contributed by atoms with Gasteiger partial charge in [-0.2, -0.15) is 5.26 Å². The summed E-state index contributed by atoms with van der Waals surface area (Å²) in [7, 11) is 0. The number of hydrogen-bond donors (Lipinski definition) is 0. The second-order valence-electron chi connectivity index (χ2n) is 6.80. The smallest absolute Gasteiger partial charge is 0.260 e. The molecule has 2 heterocycles. The van der Waals surface area contributed by atoms with Gasteiger partial charge in [0, 0.05) is 12.2 Å². The van der Waals surface area contributed by atoms with Crippen LogP contribution in [-0.4, -0.2) is 36.8 Å². The van der Waals surface area contributed by atoms with Crippen LogP contribution in [0.15, 0.2) is 42.5 Å². The molecule has 0 N–H and O–H groups in total. The highest BCUT2D eigenvalue weighted by Crippen LogP contribution is 2.33. The predicted octanol–water partition coefficient (Wildman–Crippen LogP) is 4.39. The molecule has 6 nitrogen and oxygen atoms in total. The Labute approximate surface area is 173 Å². The molecule has 1 atom stereocenters. The Morgan fingerprint density at radius 3 is 2.86 bits per heavy atom. The third-order valence-electron chi connectivity index (χ3n) is 4.81. The van der Waals surface area contributed by atoms with E-state index in [-0.39, 0.29) is 12.0 Å². The van der Waals surface area contributed by atoms with Crippen molar-refractivity contribution in [3.8, 4) is 11.8 Å². The number of carbonyl (C=O) groups is 1. The molecule has 1 saturated heterocycles. The first kappa shape index (κ1) is 19.4. The van der Waals surface area contributed by atoms with Gasteiger partial charge >= 0.3 is 0 Å². The Morgan fingerprint density at radius 1 is 1.34 bits per heavy atom. The fraction of sp³-hybridized carbons (Fsp3) is 0.318. The Morgan fingerprint density at radius 2 is 2.17 bits per heavy atom. The van der Waals surface area contributed by atoms with Crippen LogP contribution in [0.3, 0.4) is 0 Å². The van der Waals surface area contributed by atoms with Crippen molar-refractivity contribution >= 4 is 32.6 Å². The average Bonchev–Trinajstić information content (AvgIpc) is 3.41. The number of hydrogen-bond acceptors (Lipinski definition) is 6. The number of anilines is 1. The fourth-order valence-corrected chi connectivity index (χ4v) is 4.35. The van der Waals surface area contributed by atoms with Gasteiger partial charge in [-0.05, 0) is 62.2 Å². The van der Waals surface area contributed by atoms with E-state index in [1.54, 1.807) is 29.2 Å². The molecule has 29 heavy (non-hydrogen) atoms. The minimum Gasteiger partial charge on any atom is -0.494 e. The van der Waals surface area contributed by atoms with E-state index in [0.29, 0.717) is 29.4 Å². The number of rotatable bonds is 6. The van der Waals surface area contributed by atoms with E-state index >= 15 is 0 Å². The van der Waals surface area contributed by atoms with Crippen molar-refractivity contribution in [1.29, 1.82) is 5.26 Å². The van der Waals surface area contributed by atoms with Crippen LogP contribution >= 0.6 is 11.3 Å².